The lowest BCUT2D eigenvalue weighted by molar-refractivity contribution is -0.140. The summed E-state index contributed by atoms with van der Waals surface area (Å²) in [4.78, 5) is 24.7. The first kappa shape index (κ1) is 16.7. The predicted molar refractivity (Wildman–Crippen MR) is 73.8 cm³/mol. The summed E-state index contributed by atoms with van der Waals surface area (Å²) in [7, 11) is 1.39. The third-order valence-corrected chi connectivity index (χ3v) is 3.08. The molecule has 1 atom stereocenters. The second-order valence-electron chi connectivity index (χ2n) is 4.69. The minimum atomic E-state index is -1.11. The van der Waals surface area contributed by atoms with Gasteiger partial charge in [0.05, 0.1) is 6.61 Å². The predicted octanol–water partition coefficient (Wildman–Crippen LogP) is -1.32. The third kappa shape index (κ3) is 6.69. The Morgan fingerprint density at radius 1 is 1.40 bits per heavy atom. The Labute approximate surface area is 118 Å². The van der Waals surface area contributed by atoms with Gasteiger partial charge in [-0.3, -0.25) is 0 Å². The van der Waals surface area contributed by atoms with Crippen LogP contribution in [0.4, 0.5) is 4.79 Å². The van der Waals surface area contributed by atoms with Gasteiger partial charge < -0.3 is 30.7 Å². The van der Waals surface area contributed by atoms with Gasteiger partial charge in [0.1, 0.15) is 0 Å². The van der Waals surface area contributed by atoms with Gasteiger partial charge in [-0.2, -0.15) is 0 Å². The number of carbonyl (C=O) groups excluding carboxylic acids is 1. The fourth-order valence-corrected chi connectivity index (χ4v) is 1.99. The van der Waals surface area contributed by atoms with E-state index in [2.05, 4.69) is 20.9 Å². The van der Waals surface area contributed by atoms with Crippen LogP contribution < -0.4 is 16.0 Å². The minimum Gasteiger partial charge on any atom is -0.480 e. The van der Waals surface area contributed by atoms with Crippen LogP contribution >= 0.6 is 0 Å². The molecular formula is C12H24N4O4. The molecule has 1 rings (SSSR count). The average molecular weight is 288 g/mol. The van der Waals surface area contributed by atoms with Crippen molar-refractivity contribution >= 4 is 12.0 Å². The monoisotopic (exact) mass is 288 g/mol. The van der Waals surface area contributed by atoms with E-state index >= 15 is 0 Å². The Kier molecular flexibility index (Phi) is 7.93. The van der Waals surface area contributed by atoms with Crippen LogP contribution in [-0.4, -0.2) is 81.0 Å². The van der Waals surface area contributed by atoms with Crippen molar-refractivity contribution in [2.45, 2.75) is 12.5 Å². The highest BCUT2D eigenvalue weighted by Gasteiger charge is 2.19. The van der Waals surface area contributed by atoms with E-state index in [1.54, 1.807) is 0 Å². The number of carboxylic acids is 1. The molecule has 0 aromatic carbocycles. The Hall–Kier alpha value is -1.38. The van der Waals surface area contributed by atoms with Crippen LogP contribution in [-0.2, 0) is 9.53 Å². The molecule has 8 heteroatoms. The standard InChI is InChI=1S/C12H24N4O4/c1-20-9-10(11(17)18)15-12(19)14-3-2-6-16-7-4-13-5-8-16/h10,13H,2-9H2,1H3,(H,17,18)(H2,14,15,19). The van der Waals surface area contributed by atoms with Crippen molar-refractivity contribution < 1.29 is 19.4 Å². The van der Waals surface area contributed by atoms with Crippen LogP contribution in [0.3, 0.4) is 0 Å². The van der Waals surface area contributed by atoms with E-state index in [9.17, 15) is 9.59 Å². The van der Waals surface area contributed by atoms with Gasteiger partial charge in [0.15, 0.2) is 6.04 Å². The maximum absolute atomic E-state index is 11.5. The molecule has 1 fully saturated rings. The number of ether oxygens (including phenoxy) is 1. The Bertz CT molecular complexity index is 308. The van der Waals surface area contributed by atoms with Crippen molar-refractivity contribution in [1.82, 2.24) is 20.9 Å². The van der Waals surface area contributed by atoms with Gasteiger partial charge in [-0.05, 0) is 13.0 Å². The van der Waals surface area contributed by atoms with Crippen molar-refractivity contribution in [2.24, 2.45) is 0 Å². The van der Waals surface area contributed by atoms with Gasteiger partial charge in [-0.1, -0.05) is 0 Å². The Morgan fingerprint density at radius 3 is 2.70 bits per heavy atom. The summed E-state index contributed by atoms with van der Waals surface area (Å²) >= 11 is 0. The van der Waals surface area contributed by atoms with Crippen LogP contribution in [0.2, 0.25) is 0 Å². The first-order valence-corrected chi connectivity index (χ1v) is 6.82. The molecule has 4 N–H and O–H groups in total. The van der Waals surface area contributed by atoms with Crippen molar-refractivity contribution in [2.75, 3.05) is 53.0 Å². The molecule has 1 unspecified atom stereocenters. The summed E-state index contributed by atoms with van der Waals surface area (Å²) in [6.45, 7) is 5.47. The summed E-state index contributed by atoms with van der Waals surface area (Å²) < 4.78 is 4.74. The van der Waals surface area contributed by atoms with E-state index in [1.807, 2.05) is 0 Å². The van der Waals surface area contributed by atoms with Crippen LogP contribution in [0.15, 0.2) is 0 Å². The molecule has 20 heavy (non-hydrogen) atoms. The highest BCUT2D eigenvalue weighted by Crippen LogP contribution is 1.93. The van der Waals surface area contributed by atoms with E-state index < -0.39 is 18.0 Å². The maximum atomic E-state index is 11.5. The number of carboxylic acid groups (broad SMARTS) is 1. The molecule has 1 aliphatic heterocycles. The lowest BCUT2D eigenvalue weighted by Gasteiger charge is -2.27. The lowest BCUT2D eigenvalue weighted by Crippen LogP contribution is -2.49. The summed E-state index contributed by atoms with van der Waals surface area (Å²) in [6, 6.07) is -1.50. The summed E-state index contributed by atoms with van der Waals surface area (Å²) in [5.74, 6) is -1.11. The number of amides is 2. The molecule has 0 aromatic rings. The van der Waals surface area contributed by atoms with E-state index in [0.717, 1.165) is 39.1 Å². The zero-order valence-electron chi connectivity index (χ0n) is 11.9. The number of carbonyl (C=O) groups is 2. The summed E-state index contributed by atoms with van der Waals surface area (Å²) in [6.07, 6.45) is 0.843. The number of methoxy groups -OCH3 is 1. The molecule has 0 aromatic heterocycles. The molecule has 8 nitrogen and oxygen atoms in total. The molecule has 0 spiro atoms. The average Bonchev–Trinajstić information content (AvgIpc) is 2.44. The Morgan fingerprint density at radius 2 is 2.10 bits per heavy atom. The van der Waals surface area contributed by atoms with E-state index in [1.165, 1.54) is 7.11 Å². The van der Waals surface area contributed by atoms with E-state index in [-0.39, 0.29) is 6.61 Å². The fraction of sp³-hybridized carbons (Fsp3) is 0.833. The maximum Gasteiger partial charge on any atom is 0.328 e. The minimum absolute atomic E-state index is 0.0521. The first-order valence-electron chi connectivity index (χ1n) is 6.82. The number of hydrogen-bond donors (Lipinski definition) is 4. The van der Waals surface area contributed by atoms with Crippen LogP contribution in [0, 0.1) is 0 Å². The topological polar surface area (TPSA) is 103 Å². The number of piperazine rings is 1. The second-order valence-corrected chi connectivity index (χ2v) is 4.69. The van der Waals surface area contributed by atoms with Crippen molar-refractivity contribution in [3.05, 3.63) is 0 Å². The summed E-state index contributed by atoms with van der Waals surface area (Å²) in [5.41, 5.74) is 0. The zero-order chi connectivity index (χ0) is 14.8. The number of rotatable bonds is 8. The van der Waals surface area contributed by atoms with Crippen LogP contribution in [0.5, 0.6) is 0 Å². The number of nitrogens with one attached hydrogen (secondary N) is 3. The smallest absolute Gasteiger partial charge is 0.328 e. The van der Waals surface area contributed by atoms with Crippen molar-refractivity contribution in [3.8, 4) is 0 Å². The molecule has 116 valence electrons. The van der Waals surface area contributed by atoms with E-state index in [0.29, 0.717) is 6.54 Å². The van der Waals surface area contributed by atoms with Crippen molar-refractivity contribution in [1.29, 1.82) is 0 Å². The highest BCUT2D eigenvalue weighted by molar-refractivity contribution is 5.82. The SMILES string of the molecule is COCC(NC(=O)NCCCN1CCNCC1)C(=O)O. The van der Waals surface area contributed by atoms with Crippen LogP contribution in [0.25, 0.3) is 0 Å². The molecule has 1 saturated heterocycles. The molecule has 2 amide bonds. The molecular weight excluding hydrogens is 264 g/mol. The van der Waals surface area contributed by atoms with Gasteiger partial charge in [0.2, 0.25) is 0 Å². The number of urea groups is 1. The second kappa shape index (κ2) is 9.51. The number of nitrogens with zero attached hydrogens (tertiary/aromatic N) is 1. The largest absolute Gasteiger partial charge is 0.480 e. The molecule has 0 aliphatic carbocycles. The molecule has 0 bridgehead atoms. The number of hydrogen-bond acceptors (Lipinski definition) is 5. The zero-order valence-corrected chi connectivity index (χ0v) is 11.9. The highest BCUT2D eigenvalue weighted by atomic mass is 16.5. The number of aliphatic carboxylic acids is 1. The van der Waals surface area contributed by atoms with Crippen molar-refractivity contribution in [3.63, 3.8) is 0 Å². The van der Waals surface area contributed by atoms with Gasteiger partial charge in [0, 0.05) is 39.8 Å². The Balaban J connectivity index is 2.10. The molecule has 0 radical (unpaired) electrons. The molecule has 1 heterocycles. The van der Waals surface area contributed by atoms with Gasteiger partial charge in [-0.15, -0.1) is 0 Å². The quantitative estimate of drug-likeness (QED) is 0.413. The van der Waals surface area contributed by atoms with Gasteiger partial charge in [-0.25, -0.2) is 9.59 Å². The first-order chi connectivity index (χ1) is 9.63. The van der Waals surface area contributed by atoms with Gasteiger partial charge >= 0.3 is 12.0 Å². The normalized spacial score (nSPS) is 17.4. The fourth-order valence-electron chi connectivity index (χ4n) is 1.99. The molecule has 1 aliphatic rings. The lowest BCUT2D eigenvalue weighted by atomic mass is 10.3. The van der Waals surface area contributed by atoms with Gasteiger partial charge in [0.25, 0.3) is 0 Å². The summed E-state index contributed by atoms with van der Waals surface area (Å²) in [5, 5.41) is 17.2. The van der Waals surface area contributed by atoms with Crippen LogP contribution in [0.1, 0.15) is 6.42 Å². The molecule has 0 saturated carbocycles. The van der Waals surface area contributed by atoms with E-state index in [4.69, 9.17) is 9.84 Å². The third-order valence-electron chi connectivity index (χ3n) is 3.08.